The molecule has 0 aliphatic carbocycles. The average molecular weight is 499 g/mol. The molecule has 0 aliphatic rings. The van der Waals surface area contributed by atoms with E-state index < -0.39 is 0 Å². The number of hydrogen-bond donors (Lipinski definition) is 1. The number of aliphatic hydroxyl groups excluding tert-OH is 1. The molecule has 0 bridgehead atoms. The fourth-order valence-corrected chi connectivity index (χ4v) is 5.19. The summed E-state index contributed by atoms with van der Waals surface area (Å²) < 4.78 is 5.30. The molecule has 0 saturated carbocycles. The van der Waals surface area contributed by atoms with E-state index in [1.165, 1.54) is 96.3 Å². The van der Waals surface area contributed by atoms with Gasteiger partial charge in [0.15, 0.2) is 0 Å². The van der Waals surface area contributed by atoms with Gasteiger partial charge in [-0.15, -0.1) is 0 Å². The molecule has 0 rings (SSSR count). The van der Waals surface area contributed by atoms with Crippen molar-refractivity contribution >= 4 is 5.97 Å². The normalized spacial score (nSPS) is 13.0. The molecule has 0 saturated heterocycles. The second-order valence-corrected chi connectivity index (χ2v) is 10.7. The highest BCUT2D eigenvalue weighted by Crippen LogP contribution is 2.30. The molecule has 0 aliphatic heterocycles. The van der Waals surface area contributed by atoms with Crippen LogP contribution in [0.15, 0.2) is 0 Å². The van der Waals surface area contributed by atoms with Crippen molar-refractivity contribution in [2.24, 2.45) is 23.7 Å². The van der Waals surface area contributed by atoms with Crippen LogP contribution in [-0.4, -0.2) is 24.3 Å². The maximum Gasteiger partial charge on any atom is 0.309 e. The van der Waals surface area contributed by atoms with Gasteiger partial charge in [-0.25, -0.2) is 0 Å². The molecule has 0 fully saturated rings. The lowest BCUT2D eigenvalue weighted by atomic mass is 9.81. The Morgan fingerprint density at radius 2 is 0.886 bits per heavy atom. The molecule has 35 heavy (non-hydrogen) atoms. The zero-order chi connectivity index (χ0) is 26.7. The lowest BCUT2D eigenvalue weighted by molar-refractivity contribution is -0.150. The first-order valence-corrected chi connectivity index (χ1v) is 15.8. The van der Waals surface area contributed by atoms with Crippen LogP contribution in [0.2, 0.25) is 0 Å². The summed E-state index contributed by atoms with van der Waals surface area (Å²) in [6.07, 6.45) is 22.2. The summed E-state index contributed by atoms with van der Waals surface area (Å²) in [6, 6.07) is 0. The molecule has 1 N–H and O–H groups in total. The van der Waals surface area contributed by atoms with Crippen LogP contribution < -0.4 is 0 Å². The number of carbonyl (C=O) groups excluding carboxylic acids is 1. The van der Waals surface area contributed by atoms with Crippen LogP contribution in [-0.2, 0) is 9.53 Å². The number of ether oxygens (including phenoxy) is 1. The molecular formula is C32H66O3. The molecule has 2 unspecified atom stereocenters. The number of esters is 1. The minimum absolute atomic E-state index is 0.0492. The zero-order valence-corrected chi connectivity index (χ0v) is 25.2. The van der Waals surface area contributed by atoms with Crippen LogP contribution in [0, 0.1) is 23.7 Å². The summed E-state index contributed by atoms with van der Waals surface area (Å²) in [5.74, 6) is 2.06. The fourth-order valence-electron chi connectivity index (χ4n) is 5.19. The Morgan fingerprint density at radius 3 is 1.23 bits per heavy atom. The van der Waals surface area contributed by atoms with Gasteiger partial charge in [-0.3, -0.25) is 4.79 Å². The first kappa shape index (κ1) is 36.6. The standard InChI is InChI=1S/C17H34O2.C15H32O/c1-5-9-12-15(13-10-6-2)16(14-11-7-3)17(18)19-8-4;1-4-7-10-14(11-8-5-2)15(13-16)12-9-6-3/h15-16H,5-14H2,1-4H3;14-16H,4-13H2,1-3H3. The number of unbranched alkanes of at least 4 members (excludes halogenated alkanes) is 6. The molecule has 0 aromatic carbocycles. The highest BCUT2D eigenvalue weighted by molar-refractivity contribution is 5.72. The molecule has 0 aromatic heterocycles. The molecule has 0 amide bonds. The third kappa shape index (κ3) is 20.2. The number of hydrogen-bond acceptors (Lipinski definition) is 3. The first-order valence-electron chi connectivity index (χ1n) is 15.8. The van der Waals surface area contributed by atoms with Gasteiger partial charge in [0, 0.05) is 6.61 Å². The van der Waals surface area contributed by atoms with E-state index in [2.05, 4.69) is 41.5 Å². The van der Waals surface area contributed by atoms with E-state index >= 15 is 0 Å². The van der Waals surface area contributed by atoms with Gasteiger partial charge >= 0.3 is 5.97 Å². The van der Waals surface area contributed by atoms with E-state index in [4.69, 9.17) is 4.74 Å². The second kappa shape index (κ2) is 28.0. The highest BCUT2D eigenvalue weighted by atomic mass is 16.5. The van der Waals surface area contributed by atoms with Crippen LogP contribution in [0.1, 0.15) is 164 Å². The van der Waals surface area contributed by atoms with Crippen LogP contribution in [0.4, 0.5) is 0 Å². The summed E-state index contributed by atoms with van der Waals surface area (Å²) in [5.41, 5.74) is 0. The van der Waals surface area contributed by atoms with Crippen molar-refractivity contribution < 1.29 is 14.6 Å². The Kier molecular flexibility index (Phi) is 29.3. The van der Waals surface area contributed by atoms with Gasteiger partial charge in [0.25, 0.3) is 0 Å². The highest BCUT2D eigenvalue weighted by Gasteiger charge is 2.28. The number of carbonyl (C=O) groups is 1. The maximum atomic E-state index is 12.2. The van der Waals surface area contributed by atoms with Gasteiger partial charge < -0.3 is 9.84 Å². The number of aliphatic hydroxyl groups is 1. The predicted octanol–water partition coefficient (Wildman–Crippen LogP) is 10.1. The molecule has 2 atom stereocenters. The monoisotopic (exact) mass is 499 g/mol. The largest absolute Gasteiger partial charge is 0.466 e. The smallest absolute Gasteiger partial charge is 0.309 e. The van der Waals surface area contributed by atoms with Crippen molar-refractivity contribution in [3.8, 4) is 0 Å². The van der Waals surface area contributed by atoms with E-state index in [9.17, 15) is 9.90 Å². The van der Waals surface area contributed by atoms with Crippen molar-refractivity contribution in [1.82, 2.24) is 0 Å². The van der Waals surface area contributed by atoms with Gasteiger partial charge in [-0.1, -0.05) is 131 Å². The van der Waals surface area contributed by atoms with Gasteiger partial charge in [0.1, 0.15) is 0 Å². The average Bonchev–Trinajstić information content (AvgIpc) is 2.87. The van der Waals surface area contributed by atoms with Crippen molar-refractivity contribution in [2.75, 3.05) is 13.2 Å². The Labute approximate surface area is 221 Å². The second-order valence-electron chi connectivity index (χ2n) is 10.7. The van der Waals surface area contributed by atoms with Gasteiger partial charge in [0.2, 0.25) is 0 Å². The van der Waals surface area contributed by atoms with Gasteiger partial charge in [-0.2, -0.15) is 0 Å². The number of rotatable bonds is 23. The Bertz CT molecular complexity index is 407. The molecule has 3 heteroatoms. The van der Waals surface area contributed by atoms with Crippen molar-refractivity contribution in [2.45, 2.75) is 164 Å². The minimum Gasteiger partial charge on any atom is -0.466 e. The van der Waals surface area contributed by atoms with E-state index in [-0.39, 0.29) is 11.9 Å². The zero-order valence-electron chi connectivity index (χ0n) is 25.2. The Balaban J connectivity index is 0. The predicted molar refractivity (Wildman–Crippen MR) is 155 cm³/mol. The van der Waals surface area contributed by atoms with Gasteiger partial charge in [0.05, 0.1) is 12.5 Å². The molecule has 0 radical (unpaired) electrons. The fraction of sp³-hybridized carbons (Fsp3) is 0.969. The topological polar surface area (TPSA) is 46.5 Å². The van der Waals surface area contributed by atoms with Crippen LogP contribution in [0.25, 0.3) is 0 Å². The lowest BCUT2D eigenvalue weighted by Crippen LogP contribution is -2.26. The van der Waals surface area contributed by atoms with E-state index in [0.717, 1.165) is 25.2 Å². The maximum absolute atomic E-state index is 12.2. The minimum atomic E-state index is 0.0492. The third-order valence-corrected chi connectivity index (χ3v) is 7.57. The Morgan fingerprint density at radius 1 is 0.543 bits per heavy atom. The molecule has 0 aromatic rings. The SMILES string of the molecule is CCCCC(CCCC)C(CCCC)C(=O)OCC.CCCCC(CO)C(CCCC)CCCC. The molecule has 3 nitrogen and oxygen atoms in total. The van der Waals surface area contributed by atoms with Gasteiger partial charge in [-0.05, 0) is 50.4 Å². The lowest BCUT2D eigenvalue weighted by Gasteiger charge is -2.25. The summed E-state index contributed by atoms with van der Waals surface area (Å²) in [4.78, 5) is 12.2. The Hall–Kier alpha value is -0.570. The van der Waals surface area contributed by atoms with Crippen LogP contribution >= 0.6 is 0 Å². The van der Waals surface area contributed by atoms with Crippen LogP contribution in [0.3, 0.4) is 0 Å². The molecular weight excluding hydrogens is 432 g/mol. The summed E-state index contributed by atoms with van der Waals surface area (Å²) >= 11 is 0. The summed E-state index contributed by atoms with van der Waals surface area (Å²) in [6.45, 7) is 16.2. The molecule has 212 valence electrons. The molecule has 0 spiro atoms. The van der Waals surface area contributed by atoms with E-state index in [1.54, 1.807) is 0 Å². The summed E-state index contributed by atoms with van der Waals surface area (Å²) in [5, 5.41) is 9.52. The third-order valence-electron chi connectivity index (χ3n) is 7.57. The quantitative estimate of drug-likeness (QED) is 0.142. The van der Waals surface area contributed by atoms with Crippen molar-refractivity contribution in [1.29, 1.82) is 0 Å². The molecule has 0 heterocycles. The van der Waals surface area contributed by atoms with Crippen molar-refractivity contribution in [3.63, 3.8) is 0 Å². The van der Waals surface area contributed by atoms with E-state index in [1.807, 2.05) is 6.92 Å². The first-order chi connectivity index (χ1) is 17.0. The van der Waals surface area contributed by atoms with Crippen molar-refractivity contribution in [3.05, 3.63) is 0 Å². The van der Waals surface area contributed by atoms with Crippen LogP contribution in [0.5, 0.6) is 0 Å². The summed E-state index contributed by atoms with van der Waals surface area (Å²) in [7, 11) is 0. The van der Waals surface area contributed by atoms with E-state index in [0.29, 0.717) is 25.0 Å².